The Balaban J connectivity index is 2.22. The lowest BCUT2D eigenvalue weighted by Crippen LogP contribution is -2.44. The fourth-order valence-corrected chi connectivity index (χ4v) is 3.37. The molecule has 1 unspecified atom stereocenters. The van der Waals surface area contributed by atoms with Crippen LogP contribution in [0.25, 0.3) is 0 Å². The molecule has 2 rings (SSSR count). The number of hydrogen-bond donors (Lipinski definition) is 1. The molecular formula is C21H23N3O2S. The van der Waals surface area contributed by atoms with Gasteiger partial charge in [0.1, 0.15) is 5.03 Å². The van der Waals surface area contributed by atoms with Crippen LogP contribution in [0, 0.1) is 17.2 Å². The van der Waals surface area contributed by atoms with E-state index in [1.54, 1.807) is 42.6 Å². The van der Waals surface area contributed by atoms with Gasteiger partial charge in [0.05, 0.1) is 23.2 Å². The maximum absolute atomic E-state index is 12.9. The van der Waals surface area contributed by atoms with Gasteiger partial charge in [-0.15, -0.1) is 11.8 Å². The van der Waals surface area contributed by atoms with Crippen molar-refractivity contribution < 1.29 is 9.59 Å². The number of carbonyl (C=O) groups is 2. The van der Waals surface area contributed by atoms with Crippen LogP contribution in [0.1, 0.15) is 53.5 Å². The molecular weight excluding hydrogens is 358 g/mol. The normalized spacial score (nSPS) is 11.7. The number of hydrogen-bond acceptors (Lipinski definition) is 5. The number of amides is 1. The number of carbonyl (C=O) groups excluding carboxylic acids is 2. The number of nitrogens with zero attached hydrogens (tertiary/aromatic N) is 2. The van der Waals surface area contributed by atoms with Crippen LogP contribution in [0.3, 0.4) is 0 Å². The third-order valence-corrected chi connectivity index (χ3v) is 5.20. The Morgan fingerprint density at radius 1 is 1.22 bits per heavy atom. The molecule has 1 aromatic carbocycles. The SMILES string of the molecule is CCCSc1ncccc1C(=O)NC(C(=O)c1ccc(C#N)cc1)C(C)C. The fourth-order valence-electron chi connectivity index (χ4n) is 2.52. The fraction of sp³-hybridized carbons (Fsp3) is 0.333. The molecule has 27 heavy (non-hydrogen) atoms. The van der Waals surface area contributed by atoms with Crippen LogP contribution in [0.2, 0.25) is 0 Å². The van der Waals surface area contributed by atoms with E-state index in [1.165, 1.54) is 11.8 Å². The first kappa shape index (κ1) is 20.7. The van der Waals surface area contributed by atoms with E-state index >= 15 is 0 Å². The maximum atomic E-state index is 12.9. The Morgan fingerprint density at radius 3 is 2.52 bits per heavy atom. The van der Waals surface area contributed by atoms with E-state index in [1.807, 2.05) is 19.9 Å². The van der Waals surface area contributed by atoms with E-state index < -0.39 is 6.04 Å². The molecule has 140 valence electrons. The minimum atomic E-state index is -0.658. The van der Waals surface area contributed by atoms with Crippen LogP contribution in [0.15, 0.2) is 47.6 Å². The van der Waals surface area contributed by atoms with E-state index in [0.29, 0.717) is 21.7 Å². The zero-order valence-electron chi connectivity index (χ0n) is 15.7. The second-order valence-corrected chi connectivity index (χ2v) is 7.54. The molecule has 1 amide bonds. The Hall–Kier alpha value is -2.65. The highest BCUT2D eigenvalue weighted by molar-refractivity contribution is 7.99. The third kappa shape index (κ3) is 5.41. The number of Topliss-reactive ketones (excluding diaryl/α,β-unsaturated/α-hetero) is 1. The molecule has 0 saturated heterocycles. The monoisotopic (exact) mass is 381 g/mol. The van der Waals surface area contributed by atoms with Gasteiger partial charge >= 0.3 is 0 Å². The lowest BCUT2D eigenvalue weighted by molar-refractivity contribution is 0.0829. The van der Waals surface area contributed by atoms with Crippen LogP contribution in [-0.2, 0) is 0 Å². The standard InChI is InChI=1S/C21H23N3O2S/c1-4-12-27-21-17(6-5-11-23-21)20(26)24-18(14(2)3)19(25)16-9-7-15(13-22)8-10-16/h5-11,14,18H,4,12H2,1-3H3,(H,24,26). The van der Waals surface area contributed by atoms with Crippen LogP contribution >= 0.6 is 11.8 Å². The van der Waals surface area contributed by atoms with Crippen LogP contribution < -0.4 is 5.32 Å². The summed E-state index contributed by atoms with van der Waals surface area (Å²) in [5, 5.41) is 12.4. The molecule has 0 aliphatic carbocycles. The molecule has 0 bridgehead atoms. The van der Waals surface area contributed by atoms with Crippen molar-refractivity contribution in [2.45, 2.75) is 38.3 Å². The van der Waals surface area contributed by atoms with Crippen molar-refractivity contribution in [1.29, 1.82) is 5.26 Å². The summed E-state index contributed by atoms with van der Waals surface area (Å²) < 4.78 is 0. The average molecular weight is 382 g/mol. The van der Waals surface area contributed by atoms with Crippen molar-refractivity contribution >= 4 is 23.5 Å². The van der Waals surface area contributed by atoms with E-state index in [4.69, 9.17) is 5.26 Å². The molecule has 1 heterocycles. The van der Waals surface area contributed by atoms with Gasteiger partial charge in [0.15, 0.2) is 5.78 Å². The molecule has 0 spiro atoms. The van der Waals surface area contributed by atoms with Gasteiger partial charge in [-0.05, 0) is 42.4 Å². The van der Waals surface area contributed by atoms with Gasteiger partial charge < -0.3 is 5.32 Å². The summed E-state index contributed by atoms with van der Waals surface area (Å²) in [6.07, 6.45) is 2.64. The quantitative estimate of drug-likeness (QED) is 0.550. The first-order valence-corrected chi connectivity index (χ1v) is 9.89. The number of aromatic nitrogens is 1. The van der Waals surface area contributed by atoms with Gasteiger partial charge in [-0.25, -0.2) is 4.98 Å². The average Bonchev–Trinajstić information content (AvgIpc) is 2.69. The third-order valence-electron chi connectivity index (χ3n) is 3.99. The van der Waals surface area contributed by atoms with Gasteiger partial charge in [0, 0.05) is 11.8 Å². The number of pyridine rings is 1. The topological polar surface area (TPSA) is 82.8 Å². The maximum Gasteiger partial charge on any atom is 0.254 e. The highest BCUT2D eigenvalue weighted by atomic mass is 32.2. The Kier molecular flexibility index (Phi) is 7.56. The molecule has 0 saturated carbocycles. The Morgan fingerprint density at radius 2 is 1.93 bits per heavy atom. The molecule has 1 N–H and O–H groups in total. The molecule has 2 aromatic rings. The van der Waals surface area contributed by atoms with Crippen molar-refractivity contribution in [2.75, 3.05) is 5.75 Å². The van der Waals surface area contributed by atoms with Gasteiger partial charge in [0.25, 0.3) is 5.91 Å². The second-order valence-electron chi connectivity index (χ2n) is 6.45. The van der Waals surface area contributed by atoms with Gasteiger partial charge in [-0.1, -0.05) is 32.9 Å². The first-order chi connectivity index (χ1) is 13.0. The summed E-state index contributed by atoms with van der Waals surface area (Å²) in [7, 11) is 0. The highest BCUT2D eigenvalue weighted by Gasteiger charge is 2.26. The zero-order chi connectivity index (χ0) is 19.8. The lowest BCUT2D eigenvalue weighted by Gasteiger charge is -2.22. The summed E-state index contributed by atoms with van der Waals surface area (Å²) in [6.45, 7) is 5.85. The van der Waals surface area contributed by atoms with Crippen molar-refractivity contribution in [1.82, 2.24) is 10.3 Å². The van der Waals surface area contributed by atoms with Crippen molar-refractivity contribution in [3.8, 4) is 6.07 Å². The van der Waals surface area contributed by atoms with Crippen LogP contribution in [0.4, 0.5) is 0 Å². The summed E-state index contributed by atoms with van der Waals surface area (Å²) in [5.41, 5.74) is 1.44. The first-order valence-electron chi connectivity index (χ1n) is 8.91. The number of thioether (sulfide) groups is 1. The smallest absolute Gasteiger partial charge is 0.254 e. The largest absolute Gasteiger partial charge is 0.342 e. The predicted molar refractivity (Wildman–Crippen MR) is 107 cm³/mol. The molecule has 0 aliphatic rings. The minimum absolute atomic E-state index is 0.0829. The van der Waals surface area contributed by atoms with Crippen LogP contribution in [0.5, 0.6) is 0 Å². The molecule has 5 nitrogen and oxygen atoms in total. The molecule has 1 aromatic heterocycles. The van der Waals surface area contributed by atoms with Gasteiger partial charge in [0.2, 0.25) is 0 Å². The van der Waals surface area contributed by atoms with Gasteiger partial charge in [-0.2, -0.15) is 5.26 Å². The summed E-state index contributed by atoms with van der Waals surface area (Å²) >= 11 is 1.53. The summed E-state index contributed by atoms with van der Waals surface area (Å²) in [5.74, 6) is 0.312. The Bertz CT molecular complexity index is 841. The minimum Gasteiger partial charge on any atom is -0.342 e. The van der Waals surface area contributed by atoms with E-state index in [2.05, 4.69) is 17.2 Å². The van der Waals surface area contributed by atoms with Crippen molar-refractivity contribution in [3.63, 3.8) is 0 Å². The highest BCUT2D eigenvalue weighted by Crippen LogP contribution is 2.21. The molecule has 0 radical (unpaired) electrons. The predicted octanol–water partition coefficient (Wildman–Crippen LogP) is 4.09. The molecule has 6 heteroatoms. The number of ketones is 1. The van der Waals surface area contributed by atoms with E-state index in [9.17, 15) is 9.59 Å². The van der Waals surface area contributed by atoms with Crippen LogP contribution in [-0.4, -0.2) is 28.5 Å². The van der Waals surface area contributed by atoms with Crippen molar-refractivity contribution in [2.24, 2.45) is 5.92 Å². The zero-order valence-corrected chi connectivity index (χ0v) is 16.5. The lowest BCUT2D eigenvalue weighted by atomic mass is 9.94. The number of rotatable bonds is 8. The number of nitriles is 1. The number of benzene rings is 1. The van der Waals surface area contributed by atoms with Gasteiger partial charge in [-0.3, -0.25) is 9.59 Å². The number of nitrogens with one attached hydrogen (secondary N) is 1. The van der Waals surface area contributed by atoms with Crippen molar-refractivity contribution in [3.05, 3.63) is 59.3 Å². The molecule has 0 aliphatic heterocycles. The second kappa shape index (κ2) is 9.89. The Labute approximate surface area is 164 Å². The molecule has 1 atom stereocenters. The summed E-state index contributed by atoms with van der Waals surface area (Å²) in [4.78, 5) is 30.0. The van der Waals surface area contributed by atoms with E-state index in [0.717, 1.165) is 12.2 Å². The molecule has 0 fully saturated rings. The summed E-state index contributed by atoms with van der Waals surface area (Å²) in [6, 6.07) is 11.3. The van der Waals surface area contributed by atoms with E-state index in [-0.39, 0.29) is 17.6 Å².